The molecule has 1 amide bonds. The minimum atomic E-state index is 0.0763. The van der Waals surface area contributed by atoms with E-state index in [2.05, 4.69) is 10.6 Å². The summed E-state index contributed by atoms with van der Waals surface area (Å²) in [6, 6.07) is 3.90. The van der Waals surface area contributed by atoms with Crippen molar-refractivity contribution in [2.75, 3.05) is 36.1 Å². The van der Waals surface area contributed by atoms with Gasteiger partial charge in [-0.25, -0.2) is 0 Å². The Kier molecular flexibility index (Phi) is 3.29. The number of ether oxygens (including phenoxy) is 1. The number of nitrogens with two attached hydrogens (primary N) is 1. The molecular formula is C14H19N3O2. The fourth-order valence-electron chi connectivity index (χ4n) is 2.60. The summed E-state index contributed by atoms with van der Waals surface area (Å²) in [7, 11) is 0. The molecule has 2 aliphatic heterocycles. The van der Waals surface area contributed by atoms with E-state index in [1.54, 1.807) is 0 Å². The molecular weight excluding hydrogens is 242 g/mol. The Morgan fingerprint density at radius 1 is 1.42 bits per heavy atom. The first-order valence-corrected chi connectivity index (χ1v) is 6.76. The van der Waals surface area contributed by atoms with Crippen molar-refractivity contribution in [1.29, 1.82) is 0 Å². The molecule has 5 nitrogen and oxygen atoms in total. The summed E-state index contributed by atoms with van der Waals surface area (Å²) in [5, 5.41) is 6.26. The second kappa shape index (κ2) is 5.09. The number of rotatable bonds is 3. The number of nitrogens with one attached hydrogen (secondary N) is 2. The first-order chi connectivity index (χ1) is 9.22. The Bertz CT molecular complexity index is 496. The molecule has 0 aliphatic carbocycles. The summed E-state index contributed by atoms with van der Waals surface area (Å²) in [5.41, 5.74) is 9.70. The van der Waals surface area contributed by atoms with Crippen LogP contribution in [-0.4, -0.2) is 25.7 Å². The van der Waals surface area contributed by atoms with Gasteiger partial charge in [0, 0.05) is 31.2 Å². The topological polar surface area (TPSA) is 76.4 Å². The standard InChI is InChI=1S/C14H19N3O2/c15-11-5-10-1-2-14(18)17-12(10)6-13(11)16-7-9-3-4-19-8-9/h5-6,9,16H,1-4,7-8,15H2,(H,17,18). The van der Waals surface area contributed by atoms with Crippen molar-refractivity contribution in [3.63, 3.8) is 0 Å². The predicted molar refractivity (Wildman–Crippen MR) is 75.2 cm³/mol. The molecule has 2 aliphatic rings. The summed E-state index contributed by atoms with van der Waals surface area (Å²) < 4.78 is 5.35. The molecule has 2 heterocycles. The molecule has 19 heavy (non-hydrogen) atoms. The molecule has 1 atom stereocenters. The van der Waals surface area contributed by atoms with Gasteiger partial charge in [-0.15, -0.1) is 0 Å². The lowest BCUT2D eigenvalue weighted by Crippen LogP contribution is -2.20. The molecule has 0 aromatic heterocycles. The van der Waals surface area contributed by atoms with E-state index in [1.165, 1.54) is 0 Å². The van der Waals surface area contributed by atoms with Crippen LogP contribution in [-0.2, 0) is 16.0 Å². The average Bonchev–Trinajstić information content (AvgIpc) is 2.90. The Hall–Kier alpha value is -1.75. The smallest absolute Gasteiger partial charge is 0.224 e. The highest BCUT2D eigenvalue weighted by Gasteiger charge is 2.18. The first-order valence-electron chi connectivity index (χ1n) is 6.76. The van der Waals surface area contributed by atoms with Crippen LogP contribution in [0, 0.1) is 5.92 Å². The van der Waals surface area contributed by atoms with Crippen molar-refractivity contribution in [1.82, 2.24) is 0 Å². The van der Waals surface area contributed by atoms with Gasteiger partial charge in [-0.3, -0.25) is 4.79 Å². The van der Waals surface area contributed by atoms with E-state index in [9.17, 15) is 4.79 Å². The molecule has 102 valence electrons. The number of hydrogen-bond donors (Lipinski definition) is 3. The van der Waals surface area contributed by atoms with Crippen LogP contribution in [0.4, 0.5) is 17.1 Å². The van der Waals surface area contributed by atoms with Gasteiger partial charge in [-0.05, 0) is 30.5 Å². The normalized spacial score (nSPS) is 21.9. The Morgan fingerprint density at radius 3 is 3.11 bits per heavy atom. The second-order valence-corrected chi connectivity index (χ2v) is 5.26. The first kappa shape index (κ1) is 12.3. The van der Waals surface area contributed by atoms with Gasteiger partial charge in [0.2, 0.25) is 5.91 Å². The zero-order valence-electron chi connectivity index (χ0n) is 10.9. The van der Waals surface area contributed by atoms with Gasteiger partial charge in [-0.2, -0.15) is 0 Å². The van der Waals surface area contributed by atoms with Crippen molar-refractivity contribution < 1.29 is 9.53 Å². The quantitative estimate of drug-likeness (QED) is 0.722. The summed E-state index contributed by atoms with van der Waals surface area (Å²) in [5.74, 6) is 0.623. The number of nitrogen functional groups attached to an aromatic ring is 1. The Morgan fingerprint density at radius 2 is 2.32 bits per heavy atom. The van der Waals surface area contributed by atoms with Crippen LogP contribution in [0.15, 0.2) is 12.1 Å². The highest BCUT2D eigenvalue weighted by molar-refractivity contribution is 5.95. The summed E-state index contributed by atoms with van der Waals surface area (Å²) in [4.78, 5) is 11.4. The van der Waals surface area contributed by atoms with Gasteiger partial charge in [0.1, 0.15) is 0 Å². The molecule has 1 aromatic rings. The fraction of sp³-hybridized carbons (Fsp3) is 0.500. The summed E-state index contributed by atoms with van der Waals surface area (Å²) in [6.07, 6.45) is 2.40. The summed E-state index contributed by atoms with van der Waals surface area (Å²) >= 11 is 0. The van der Waals surface area contributed by atoms with Gasteiger partial charge in [0.05, 0.1) is 18.0 Å². The van der Waals surface area contributed by atoms with E-state index in [4.69, 9.17) is 10.5 Å². The van der Waals surface area contributed by atoms with Gasteiger partial charge in [-0.1, -0.05) is 0 Å². The molecule has 5 heteroatoms. The lowest BCUT2D eigenvalue weighted by atomic mass is 10.0. The van der Waals surface area contributed by atoms with Crippen LogP contribution >= 0.6 is 0 Å². The molecule has 1 aromatic carbocycles. The monoisotopic (exact) mass is 261 g/mol. The molecule has 0 bridgehead atoms. The number of benzene rings is 1. The van der Waals surface area contributed by atoms with Crippen molar-refractivity contribution in [2.45, 2.75) is 19.3 Å². The van der Waals surface area contributed by atoms with Crippen LogP contribution in [0.3, 0.4) is 0 Å². The average molecular weight is 261 g/mol. The minimum absolute atomic E-state index is 0.0763. The maximum absolute atomic E-state index is 11.4. The second-order valence-electron chi connectivity index (χ2n) is 5.26. The number of aryl methyl sites for hydroxylation is 1. The van der Waals surface area contributed by atoms with Crippen molar-refractivity contribution in [3.05, 3.63) is 17.7 Å². The van der Waals surface area contributed by atoms with E-state index in [0.29, 0.717) is 12.3 Å². The number of fused-ring (bicyclic) bond motifs is 1. The molecule has 1 unspecified atom stereocenters. The number of amides is 1. The molecule has 0 radical (unpaired) electrons. The third-order valence-electron chi connectivity index (χ3n) is 3.78. The lowest BCUT2D eigenvalue weighted by molar-refractivity contribution is -0.116. The number of carbonyl (C=O) groups excluding carboxylic acids is 1. The zero-order valence-corrected chi connectivity index (χ0v) is 10.9. The van der Waals surface area contributed by atoms with E-state index >= 15 is 0 Å². The SMILES string of the molecule is Nc1cc2c(cc1NCC1CCOC1)NC(=O)CC2. The molecule has 1 saturated heterocycles. The van der Waals surface area contributed by atoms with Crippen molar-refractivity contribution in [3.8, 4) is 0 Å². The Labute approximate surface area is 112 Å². The zero-order chi connectivity index (χ0) is 13.2. The van der Waals surface area contributed by atoms with Crippen LogP contribution in [0.25, 0.3) is 0 Å². The highest BCUT2D eigenvalue weighted by Crippen LogP contribution is 2.31. The third-order valence-corrected chi connectivity index (χ3v) is 3.78. The highest BCUT2D eigenvalue weighted by atomic mass is 16.5. The van der Waals surface area contributed by atoms with Gasteiger partial charge in [0.15, 0.2) is 0 Å². The molecule has 1 fully saturated rings. The fourth-order valence-corrected chi connectivity index (χ4v) is 2.60. The lowest BCUT2D eigenvalue weighted by Gasteiger charge is -2.20. The van der Waals surface area contributed by atoms with Crippen molar-refractivity contribution in [2.24, 2.45) is 5.92 Å². The number of anilines is 3. The molecule has 0 saturated carbocycles. The van der Waals surface area contributed by atoms with E-state index in [0.717, 1.165) is 55.2 Å². The van der Waals surface area contributed by atoms with Crippen LogP contribution in [0.1, 0.15) is 18.4 Å². The minimum Gasteiger partial charge on any atom is -0.397 e. The maximum atomic E-state index is 11.4. The van der Waals surface area contributed by atoms with Crippen LogP contribution < -0.4 is 16.4 Å². The number of carbonyl (C=O) groups is 1. The summed E-state index contributed by atoms with van der Waals surface area (Å²) in [6.45, 7) is 2.52. The maximum Gasteiger partial charge on any atom is 0.224 e. The van der Waals surface area contributed by atoms with Crippen molar-refractivity contribution >= 4 is 23.0 Å². The van der Waals surface area contributed by atoms with Crippen LogP contribution in [0.5, 0.6) is 0 Å². The van der Waals surface area contributed by atoms with Gasteiger partial charge >= 0.3 is 0 Å². The predicted octanol–water partition coefficient (Wildman–Crippen LogP) is 1.60. The van der Waals surface area contributed by atoms with Crippen LogP contribution in [0.2, 0.25) is 0 Å². The molecule has 4 N–H and O–H groups in total. The van der Waals surface area contributed by atoms with Gasteiger partial charge < -0.3 is 21.1 Å². The molecule has 0 spiro atoms. The third kappa shape index (κ3) is 2.66. The van der Waals surface area contributed by atoms with E-state index in [1.807, 2.05) is 12.1 Å². The van der Waals surface area contributed by atoms with Gasteiger partial charge in [0.25, 0.3) is 0 Å². The molecule has 3 rings (SSSR count). The Balaban J connectivity index is 1.73. The van der Waals surface area contributed by atoms with E-state index in [-0.39, 0.29) is 5.91 Å². The largest absolute Gasteiger partial charge is 0.397 e. The number of hydrogen-bond acceptors (Lipinski definition) is 4. The van der Waals surface area contributed by atoms with E-state index < -0.39 is 0 Å².